The van der Waals surface area contributed by atoms with Gasteiger partial charge in [0.25, 0.3) is 5.91 Å². The van der Waals surface area contributed by atoms with Gasteiger partial charge in [0, 0.05) is 36.3 Å². The Bertz CT molecular complexity index is 1300. The van der Waals surface area contributed by atoms with Crippen molar-refractivity contribution in [2.24, 2.45) is 11.7 Å². The molecule has 1 saturated heterocycles. The summed E-state index contributed by atoms with van der Waals surface area (Å²) < 4.78 is 8.38. The molecule has 2 amide bonds. The topological polar surface area (TPSA) is 89.9 Å². The highest BCUT2D eigenvalue weighted by molar-refractivity contribution is 7.23. The Morgan fingerprint density at radius 2 is 1.97 bits per heavy atom. The lowest BCUT2D eigenvalue weighted by Gasteiger charge is -2.30. The Labute approximate surface area is 183 Å². The fourth-order valence-corrected chi connectivity index (χ4v) is 5.15. The molecule has 1 aliphatic heterocycles. The SMILES string of the molecule is COc1cccc(-c2cn3c(n2)sc2cc(C(=O)N4CCC(C(N)=O)CC4)ccc23)c1. The number of hydrogen-bond acceptors (Lipinski definition) is 5. The Balaban J connectivity index is 1.42. The number of hydrogen-bond donors (Lipinski definition) is 1. The maximum absolute atomic E-state index is 13.0. The number of piperidine rings is 1. The number of nitrogens with two attached hydrogens (primary N) is 1. The van der Waals surface area contributed by atoms with Crippen molar-refractivity contribution in [1.29, 1.82) is 0 Å². The molecule has 5 rings (SSSR count). The number of rotatable bonds is 4. The molecule has 158 valence electrons. The molecule has 8 heteroatoms. The molecule has 0 spiro atoms. The lowest BCUT2D eigenvalue weighted by atomic mass is 9.96. The van der Waals surface area contributed by atoms with E-state index in [9.17, 15) is 9.59 Å². The molecule has 1 fully saturated rings. The summed E-state index contributed by atoms with van der Waals surface area (Å²) in [6, 6.07) is 13.6. The fraction of sp³-hybridized carbons (Fsp3) is 0.261. The monoisotopic (exact) mass is 434 g/mol. The van der Waals surface area contributed by atoms with Crippen LogP contribution in [-0.4, -0.2) is 46.3 Å². The van der Waals surface area contributed by atoms with Crippen LogP contribution >= 0.6 is 11.3 Å². The molecule has 0 radical (unpaired) electrons. The molecule has 0 bridgehead atoms. The Morgan fingerprint density at radius 3 is 2.71 bits per heavy atom. The number of carbonyl (C=O) groups is 2. The largest absolute Gasteiger partial charge is 0.497 e. The summed E-state index contributed by atoms with van der Waals surface area (Å²) in [4.78, 5) is 31.8. The van der Waals surface area contributed by atoms with E-state index in [0.717, 1.165) is 32.2 Å². The van der Waals surface area contributed by atoms with Gasteiger partial charge >= 0.3 is 0 Å². The molecule has 2 aromatic heterocycles. The number of benzene rings is 2. The number of likely N-dealkylation sites (tertiary alicyclic amines) is 1. The molecule has 0 saturated carbocycles. The second-order valence-electron chi connectivity index (χ2n) is 7.76. The summed E-state index contributed by atoms with van der Waals surface area (Å²) in [6.45, 7) is 1.12. The minimum Gasteiger partial charge on any atom is -0.497 e. The zero-order chi connectivity index (χ0) is 21.5. The summed E-state index contributed by atoms with van der Waals surface area (Å²) in [7, 11) is 1.65. The number of imidazole rings is 1. The van der Waals surface area contributed by atoms with E-state index in [-0.39, 0.29) is 17.7 Å². The molecular formula is C23H22N4O3S. The van der Waals surface area contributed by atoms with Crippen molar-refractivity contribution >= 4 is 38.3 Å². The third-order valence-corrected chi connectivity index (χ3v) is 6.91. The molecule has 0 unspecified atom stereocenters. The van der Waals surface area contributed by atoms with Gasteiger partial charge in [-0.05, 0) is 43.2 Å². The van der Waals surface area contributed by atoms with E-state index in [2.05, 4.69) is 4.40 Å². The molecule has 2 N–H and O–H groups in total. The van der Waals surface area contributed by atoms with Gasteiger partial charge in [0.15, 0.2) is 4.96 Å². The highest BCUT2D eigenvalue weighted by atomic mass is 32.1. The Morgan fingerprint density at radius 1 is 1.16 bits per heavy atom. The summed E-state index contributed by atoms with van der Waals surface area (Å²) in [6.07, 6.45) is 3.27. The van der Waals surface area contributed by atoms with Crippen molar-refractivity contribution in [1.82, 2.24) is 14.3 Å². The number of thiazole rings is 1. The first-order valence-electron chi connectivity index (χ1n) is 10.2. The van der Waals surface area contributed by atoms with Crippen molar-refractivity contribution in [3.63, 3.8) is 0 Å². The third-order valence-electron chi connectivity index (χ3n) is 5.89. The lowest BCUT2D eigenvalue weighted by Crippen LogP contribution is -2.41. The number of amides is 2. The zero-order valence-corrected chi connectivity index (χ0v) is 17.9. The number of nitrogens with zero attached hydrogens (tertiary/aromatic N) is 3. The first-order valence-corrected chi connectivity index (χ1v) is 11.0. The summed E-state index contributed by atoms with van der Waals surface area (Å²) in [5.74, 6) is 0.383. The van der Waals surface area contributed by atoms with Crippen LogP contribution in [0.25, 0.3) is 26.4 Å². The van der Waals surface area contributed by atoms with Crippen LogP contribution in [0.1, 0.15) is 23.2 Å². The minimum absolute atomic E-state index is 0.00655. The van der Waals surface area contributed by atoms with Crippen molar-refractivity contribution in [2.45, 2.75) is 12.8 Å². The van der Waals surface area contributed by atoms with Crippen molar-refractivity contribution in [3.8, 4) is 17.0 Å². The summed E-state index contributed by atoms with van der Waals surface area (Å²) in [5, 5.41) is 0. The zero-order valence-electron chi connectivity index (χ0n) is 17.1. The van der Waals surface area contributed by atoms with Crippen LogP contribution in [0, 0.1) is 5.92 Å². The van der Waals surface area contributed by atoms with Gasteiger partial charge in [0.1, 0.15) is 5.75 Å². The first-order chi connectivity index (χ1) is 15.0. The van der Waals surface area contributed by atoms with Gasteiger partial charge in [-0.2, -0.15) is 0 Å². The summed E-state index contributed by atoms with van der Waals surface area (Å²) in [5.41, 5.74) is 8.94. The number of ether oxygens (including phenoxy) is 1. The Hall–Kier alpha value is -3.39. The number of carbonyl (C=O) groups excluding carboxylic acids is 2. The van der Waals surface area contributed by atoms with E-state index in [1.807, 2.05) is 48.7 Å². The second kappa shape index (κ2) is 7.70. The molecule has 0 aliphatic carbocycles. The van der Waals surface area contributed by atoms with E-state index >= 15 is 0 Å². The van der Waals surface area contributed by atoms with E-state index in [4.69, 9.17) is 15.5 Å². The average molecular weight is 435 g/mol. The third kappa shape index (κ3) is 3.53. The first kappa shape index (κ1) is 19.6. The predicted molar refractivity (Wildman–Crippen MR) is 120 cm³/mol. The van der Waals surface area contributed by atoms with Gasteiger partial charge in [-0.25, -0.2) is 4.98 Å². The molecular weight excluding hydrogens is 412 g/mol. The van der Waals surface area contributed by atoms with Crippen LogP contribution in [0.2, 0.25) is 0 Å². The molecule has 31 heavy (non-hydrogen) atoms. The molecule has 2 aromatic carbocycles. The van der Waals surface area contributed by atoms with Crippen LogP contribution in [0.15, 0.2) is 48.7 Å². The van der Waals surface area contributed by atoms with Crippen molar-refractivity contribution in [3.05, 3.63) is 54.2 Å². The second-order valence-corrected chi connectivity index (χ2v) is 8.77. The molecule has 3 heterocycles. The molecule has 4 aromatic rings. The molecule has 0 atom stereocenters. The molecule has 7 nitrogen and oxygen atoms in total. The number of aromatic nitrogens is 2. The van der Waals surface area contributed by atoms with Crippen molar-refractivity contribution < 1.29 is 14.3 Å². The Kier molecular flexibility index (Phi) is 4.86. The quantitative estimate of drug-likeness (QED) is 0.532. The van der Waals surface area contributed by atoms with E-state index < -0.39 is 0 Å². The van der Waals surface area contributed by atoms with Gasteiger partial charge in [0.2, 0.25) is 5.91 Å². The maximum atomic E-state index is 13.0. The van der Waals surface area contributed by atoms with Crippen molar-refractivity contribution in [2.75, 3.05) is 20.2 Å². The van der Waals surface area contributed by atoms with Crippen LogP contribution in [0.3, 0.4) is 0 Å². The van der Waals surface area contributed by atoms with Gasteiger partial charge in [-0.15, -0.1) is 0 Å². The van der Waals surface area contributed by atoms with Gasteiger partial charge < -0.3 is 15.4 Å². The van der Waals surface area contributed by atoms with E-state index in [1.165, 1.54) is 0 Å². The number of fused-ring (bicyclic) bond motifs is 3. The minimum atomic E-state index is -0.274. The van der Waals surface area contributed by atoms with Gasteiger partial charge in [0.05, 0.1) is 23.0 Å². The smallest absolute Gasteiger partial charge is 0.253 e. The van der Waals surface area contributed by atoms with Crippen LogP contribution in [0.5, 0.6) is 5.75 Å². The van der Waals surface area contributed by atoms with E-state index in [0.29, 0.717) is 31.5 Å². The standard InChI is InChI=1S/C23H22N4O3S/c1-30-17-4-2-3-15(11-17)18-13-27-19-6-5-16(12-20(19)31-23(27)25-18)22(29)26-9-7-14(8-10-26)21(24)28/h2-6,11-14H,7-10H2,1H3,(H2,24,28). The van der Waals surface area contributed by atoms with Crippen LogP contribution < -0.4 is 10.5 Å². The van der Waals surface area contributed by atoms with Gasteiger partial charge in [-0.1, -0.05) is 23.5 Å². The van der Waals surface area contributed by atoms with Crippen LogP contribution in [0.4, 0.5) is 0 Å². The van der Waals surface area contributed by atoms with Gasteiger partial charge in [-0.3, -0.25) is 14.0 Å². The van der Waals surface area contributed by atoms with E-state index in [1.54, 1.807) is 23.3 Å². The summed E-state index contributed by atoms with van der Waals surface area (Å²) >= 11 is 1.56. The normalized spacial score (nSPS) is 14.9. The number of methoxy groups -OCH3 is 1. The molecule has 1 aliphatic rings. The maximum Gasteiger partial charge on any atom is 0.253 e. The number of primary amides is 1. The highest BCUT2D eigenvalue weighted by Gasteiger charge is 2.26. The lowest BCUT2D eigenvalue weighted by molar-refractivity contribution is -0.123. The average Bonchev–Trinajstić information content (AvgIpc) is 3.36. The highest BCUT2D eigenvalue weighted by Crippen LogP contribution is 2.31. The fourth-order valence-electron chi connectivity index (χ4n) is 4.11. The van der Waals surface area contributed by atoms with Crippen LogP contribution in [-0.2, 0) is 4.79 Å². The predicted octanol–water partition coefficient (Wildman–Crippen LogP) is 3.56.